The predicted octanol–water partition coefficient (Wildman–Crippen LogP) is 7.29. The van der Waals surface area contributed by atoms with Gasteiger partial charge in [0.25, 0.3) is 0 Å². The fraction of sp³-hybridized carbons (Fsp3) is 0.212. The highest BCUT2D eigenvalue weighted by Crippen LogP contribution is 2.30. The average Bonchev–Trinajstić information content (AvgIpc) is 2.99. The monoisotopic (exact) mass is 548 g/mol. The molecule has 41 heavy (non-hydrogen) atoms. The summed E-state index contributed by atoms with van der Waals surface area (Å²) in [6, 6.07) is 34.4. The lowest BCUT2D eigenvalue weighted by Gasteiger charge is -2.30. The van der Waals surface area contributed by atoms with Crippen molar-refractivity contribution >= 4 is 17.7 Å². The van der Waals surface area contributed by atoms with Gasteiger partial charge in [-0.25, -0.2) is 15.8 Å². The standard InChI is InChI=1S/C33H32N4O4/c1-24-11-3-7-15-28(24)38-20-32(40-30-17-9-5-13-26(30)19-36-22-34)33(21-39-29-16-8-4-12-25(29)2)41-31-18-10-6-14-27(31)37-23-35/h3-18,32-35H,19-21H2,1-2H3. The molecule has 8 heteroatoms. The third-order valence-electron chi connectivity index (χ3n) is 6.31. The van der Waals surface area contributed by atoms with Crippen molar-refractivity contribution in [1.29, 1.82) is 10.8 Å². The molecule has 2 N–H and O–H groups in total. The molecule has 208 valence electrons. The lowest BCUT2D eigenvalue weighted by Crippen LogP contribution is -2.45. The van der Waals surface area contributed by atoms with Gasteiger partial charge in [0, 0.05) is 5.56 Å². The topological polar surface area (TPSA) is 109 Å². The second-order valence-electron chi connectivity index (χ2n) is 9.19. The molecule has 2 atom stereocenters. The molecule has 0 aliphatic rings. The minimum atomic E-state index is -0.667. The first kappa shape index (κ1) is 28.8. The van der Waals surface area contributed by atoms with Crippen LogP contribution in [0, 0.1) is 24.7 Å². The van der Waals surface area contributed by atoms with E-state index in [1.54, 1.807) is 12.1 Å². The summed E-state index contributed by atoms with van der Waals surface area (Å²) >= 11 is 0. The van der Waals surface area contributed by atoms with Crippen LogP contribution in [0.2, 0.25) is 0 Å². The van der Waals surface area contributed by atoms with Gasteiger partial charge in [-0.05, 0) is 55.3 Å². The number of benzene rings is 4. The summed E-state index contributed by atoms with van der Waals surface area (Å²) in [5, 5.41) is 14.6. The average molecular weight is 549 g/mol. The molecule has 0 amide bonds. The van der Waals surface area contributed by atoms with Gasteiger partial charge in [-0.15, -0.1) is 0 Å². The van der Waals surface area contributed by atoms with Crippen LogP contribution in [0.25, 0.3) is 0 Å². The first-order valence-corrected chi connectivity index (χ1v) is 13.2. The Morgan fingerprint density at radius 1 is 0.610 bits per heavy atom. The van der Waals surface area contributed by atoms with Gasteiger partial charge in [0.1, 0.15) is 41.9 Å². The van der Waals surface area contributed by atoms with Gasteiger partial charge in [0.15, 0.2) is 12.2 Å². The molecular formula is C33H32N4O4. The molecule has 2 unspecified atom stereocenters. The van der Waals surface area contributed by atoms with E-state index in [9.17, 15) is 0 Å². The van der Waals surface area contributed by atoms with Crippen LogP contribution >= 0.6 is 0 Å². The van der Waals surface area contributed by atoms with Crippen molar-refractivity contribution in [2.75, 3.05) is 13.2 Å². The maximum atomic E-state index is 7.36. The van der Waals surface area contributed by atoms with E-state index in [1.165, 1.54) is 0 Å². The van der Waals surface area contributed by atoms with E-state index < -0.39 is 12.2 Å². The molecule has 0 radical (unpaired) electrons. The van der Waals surface area contributed by atoms with Crippen molar-refractivity contribution in [2.45, 2.75) is 32.6 Å². The van der Waals surface area contributed by atoms with Crippen molar-refractivity contribution in [2.24, 2.45) is 9.98 Å². The molecule has 0 saturated heterocycles. The highest BCUT2D eigenvalue weighted by atomic mass is 16.6. The number of aryl methyl sites for hydroxylation is 2. The molecule has 0 bridgehead atoms. The number of hydrogen-bond acceptors (Lipinski definition) is 8. The molecule has 0 fully saturated rings. The zero-order chi connectivity index (χ0) is 28.9. The Morgan fingerprint density at radius 2 is 1.10 bits per heavy atom. The van der Waals surface area contributed by atoms with E-state index in [4.69, 9.17) is 29.8 Å². The highest BCUT2D eigenvalue weighted by Gasteiger charge is 2.29. The van der Waals surface area contributed by atoms with Crippen molar-refractivity contribution in [3.63, 3.8) is 0 Å². The van der Waals surface area contributed by atoms with E-state index in [2.05, 4.69) is 22.0 Å². The molecule has 0 aromatic heterocycles. The number of ether oxygens (including phenoxy) is 4. The van der Waals surface area contributed by atoms with Crippen molar-refractivity contribution in [3.8, 4) is 23.0 Å². The summed E-state index contributed by atoms with van der Waals surface area (Å²) in [6.45, 7) is 4.49. The van der Waals surface area contributed by atoms with Gasteiger partial charge in [0.2, 0.25) is 0 Å². The number of hydrogen-bond donors (Lipinski definition) is 2. The zero-order valence-electron chi connectivity index (χ0n) is 23.0. The largest absolute Gasteiger partial charge is 0.489 e. The number of rotatable bonds is 14. The Kier molecular flexibility index (Phi) is 10.4. The van der Waals surface area contributed by atoms with E-state index in [0.29, 0.717) is 17.2 Å². The molecule has 4 rings (SSSR count). The van der Waals surface area contributed by atoms with Crippen LogP contribution in [0.1, 0.15) is 16.7 Å². The fourth-order valence-corrected chi connectivity index (χ4v) is 4.12. The van der Waals surface area contributed by atoms with Crippen LogP contribution in [0.4, 0.5) is 5.69 Å². The third kappa shape index (κ3) is 8.16. The van der Waals surface area contributed by atoms with Crippen LogP contribution in [-0.4, -0.2) is 37.4 Å². The molecular weight excluding hydrogens is 516 g/mol. The second kappa shape index (κ2) is 14.8. The van der Waals surface area contributed by atoms with E-state index in [0.717, 1.165) is 28.2 Å². The minimum absolute atomic E-state index is 0.135. The summed E-state index contributed by atoms with van der Waals surface area (Å²) in [4.78, 5) is 7.99. The van der Waals surface area contributed by atoms with Crippen molar-refractivity contribution < 1.29 is 18.9 Å². The van der Waals surface area contributed by atoms with Gasteiger partial charge in [-0.3, -0.25) is 0 Å². The van der Waals surface area contributed by atoms with Gasteiger partial charge in [0.05, 0.1) is 18.6 Å². The van der Waals surface area contributed by atoms with Crippen LogP contribution in [0.15, 0.2) is 107 Å². The maximum absolute atomic E-state index is 7.36. The Morgan fingerprint density at radius 3 is 1.66 bits per heavy atom. The third-order valence-corrected chi connectivity index (χ3v) is 6.31. The van der Waals surface area contributed by atoms with Gasteiger partial charge in [-0.2, -0.15) is 4.99 Å². The van der Waals surface area contributed by atoms with Gasteiger partial charge in [-0.1, -0.05) is 66.7 Å². The molecule has 0 aliphatic heterocycles. The summed E-state index contributed by atoms with van der Waals surface area (Å²) in [5.41, 5.74) is 3.23. The predicted molar refractivity (Wildman–Crippen MR) is 159 cm³/mol. The second-order valence-corrected chi connectivity index (χ2v) is 9.19. The molecule has 8 nitrogen and oxygen atoms in total. The van der Waals surface area contributed by atoms with Crippen LogP contribution in [0.3, 0.4) is 0 Å². The van der Waals surface area contributed by atoms with Crippen LogP contribution in [0.5, 0.6) is 23.0 Å². The summed E-state index contributed by atoms with van der Waals surface area (Å²) < 4.78 is 25.7. The van der Waals surface area contributed by atoms with Crippen LogP contribution < -0.4 is 18.9 Å². The lowest BCUT2D eigenvalue weighted by molar-refractivity contribution is -0.00122. The Balaban J connectivity index is 1.71. The van der Waals surface area contributed by atoms with Crippen molar-refractivity contribution in [1.82, 2.24) is 0 Å². The summed E-state index contributed by atoms with van der Waals surface area (Å²) in [6.07, 6.45) is -1.32. The minimum Gasteiger partial charge on any atom is -0.489 e. The van der Waals surface area contributed by atoms with Crippen LogP contribution in [-0.2, 0) is 6.54 Å². The molecule has 0 heterocycles. The Bertz CT molecular complexity index is 1540. The smallest absolute Gasteiger partial charge is 0.173 e. The van der Waals surface area contributed by atoms with E-state index >= 15 is 0 Å². The molecule has 4 aromatic rings. The summed E-state index contributed by atoms with van der Waals surface area (Å²) in [7, 11) is 0. The van der Waals surface area contributed by atoms with Crippen molar-refractivity contribution in [3.05, 3.63) is 114 Å². The molecule has 0 aliphatic carbocycles. The number of para-hydroxylation sites is 5. The fourth-order valence-electron chi connectivity index (χ4n) is 4.12. The number of nitrogens with zero attached hydrogens (tertiary/aromatic N) is 2. The highest BCUT2D eigenvalue weighted by molar-refractivity contribution is 5.58. The Hall–Kier alpha value is -5.16. The number of aliphatic imine (C=N–C) groups is 2. The number of nitrogens with one attached hydrogen (secondary N) is 2. The van der Waals surface area contributed by atoms with Gasteiger partial charge >= 0.3 is 0 Å². The zero-order valence-corrected chi connectivity index (χ0v) is 23.0. The maximum Gasteiger partial charge on any atom is 0.173 e. The normalized spacial score (nSPS) is 11.8. The molecule has 4 aromatic carbocycles. The molecule has 0 saturated carbocycles. The SMILES string of the molecule is Cc1ccccc1OCC(Oc1ccccc1CN=C=N)C(COc1ccccc1C)Oc1ccccc1N=C=N. The van der Waals surface area contributed by atoms with E-state index in [-0.39, 0.29) is 19.8 Å². The Labute approximate surface area is 240 Å². The van der Waals surface area contributed by atoms with E-state index in [1.807, 2.05) is 98.8 Å². The van der Waals surface area contributed by atoms with Gasteiger partial charge < -0.3 is 18.9 Å². The quantitative estimate of drug-likeness (QED) is 0.161. The first-order chi connectivity index (χ1) is 20.1. The summed E-state index contributed by atoms with van der Waals surface area (Å²) in [5.74, 6) is 2.50. The first-order valence-electron chi connectivity index (χ1n) is 13.2. The lowest BCUT2D eigenvalue weighted by atomic mass is 10.1. The molecule has 0 spiro atoms.